The van der Waals surface area contributed by atoms with E-state index in [1.807, 2.05) is 13.0 Å². The molecule has 1 aromatic carbocycles. The van der Waals surface area contributed by atoms with Gasteiger partial charge in [-0.1, -0.05) is 11.6 Å². The number of alkyl halides is 6. The van der Waals surface area contributed by atoms with Gasteiger partial charge in [-0.05, 0) is 96.7 Å². The Morgan fingerprint density at radius 2 is 1.71 bits per heavy atom. The number of benzene rings is 1. The molecular weight excluding hydrogens is 743 g/mol. The van der Waals surface area contributed by atoms with Crippen molar-refractivity contribution < 1.29 is 35.9 Å². The molecule has 17 heteroatoms. The Kier molecular flexibility index (Phi) is 9.00. The van der Waals surface area contributed by atoms with E-state index in [4.69, 9.17) is 11.6 Å². The number of pyridine rings is 1. The third-order valence-corrected chi connectivity index (χ3v) is 8.11. The van der Waals surface area contributed by atoms with Crippen molar-refractivity contribution in [2.24, 2.45) is 5.92 Å². The van der Waals surface area contributed by atoms with Crippen LogP contribution >= 0.6 is 34.2 Å². The lowest BCUT2D eigenvalue weighted by Crippen LogP contribution is -2.35. The van der Waals surface area contributed by atoms with E-state index in [0.717, 1.165) is 21.1 Å². The van der Waals surface area contributed by atoms with Crippen molar-refractivity contribution in [1.82, 2.24) is 35.1 Å². The molecule has 1 aliphatic rings. The zero-order valence-electron chi connectivity index (χ0n) is 23.5. The van der Waals surface area contributed by atoms with Crippen molar-refractivity contribution >= 4 is 45.9 Å². The molecule has 3 heterocycles. The van der Waals surface area contributed by atoms with Crippen molar-refractivity contribution in [3.63, 3.8) is 0 Å². The summed E-state index contributed by atoms with van der Waals surface area (Å²) >= 11 is 8.38. The number of hydrogen-bond acceptors (Lipinski definition) is 6. The van der Waals surface area contributed by atoms with Gasteiger partial charge >= 0.3 is 12.4 Å². The molecule has 0 saturated heterocycles. The second-order valence-corrected chi connectivity index (χ2v) is 12.3. The predicted molar refractivity (Wildman–Crippen MR) is 157 cm³/mol. The highest BCUT2D eigenvalue weighted by atomic mass is 127. The third kappa shape index (κ3) is 7.31. The highest BCUT2D eigenvalue weighted by Crippen LogP contribution is 2.38. The molecule has 0 aliphatic heterocycles. The number of nitrogens with zero attached hydrogens (tertiary/aromatic N) is 6. The Hall–Kier alpha value is -3.54. The van der Waals surface area contributed by atoms with E-state index in [0.29, 0.717) is 22.6 Å². The lowest BCUT2D eigenvalue weighted by Gasteiger charge is -2.17. The first-order valence-corrected chi connectivity index (χ1v) is 14.9. The van der Waals surface area contributed by atoms with Gasteiger partial charge in [0.05, 0.1) is 10.7 Å². The number of ketones is 1. The third-order valence-electron chi connectivity index (χ3n) is 7.19. The minimum atomic E-state index is -5.42. The Labute approximate surface area is 270 Å². The second-order valence-electron chi connectivity index (χ2n) is 10.6. The van der Waals surface area contributed by atoms with Crippen LogP contribution in [-0.4, -0.2) is 47.5 Å². The predicted octanol–water partition coefficient (Wildman–Crippen LogP) is 6.46. The van der Waals surface area contributed by atoms with Gasteiger partial charge in [0.15, 0.2) is 23.0 Å². The summed E-state index contributed by atoms with van der Waals surface area (Å²) in [6, 6.07) is 7.60. The van der Waals surface area contributed by atoms with Crippen molar-refractivity contribution in [1.29, 1.82) is 0 Å². The summed E-state index contributed by atoms with van der Waals surface area (Å²) in [6.45, 7) is 2.93. The molecule has 1 unspecified atom stereocenters. The molecule has 1 N–H and O–H groups in total. The van der Waals surface area contributed by atoms with Crippen molar-refractivity contribution in [3.8, 4) is 5.82 Å². The molecule has 5 rings (SSSR count). The van der Waals surface area contributed by atoms with Gasteiger partial charge in [-0.15, -0.1) is 10.2 Å². The van der Waals surface area contributed by atoms with Crippen LogP contribution < -0.4 is 5.32 Å². The molecule has 4 aromatic rings. The monoisotopic (exact) mass is 765 g/mol. The molecule has 1 fully saturated rings. The zero-order valence-corrected chi connectivity index (χ0v) is 26.4. The van der Waals surface area contributed by atoms with Crippen molar-refractivity contribution in [3.05, 3.63) is 84.6 Å². The van der Waals surface area contributed by atoms with E-state index < -0.39 is 36.1 Å². The van der Waals surface area contributed by atoms with Crippen LogP contribution in [0.15, 0.2) is 36.5 Å². The van der Waals surface area contributed by atoms with Crippen LogP contribution in [0, 0.1) is 16.4 Å². The number of carbonyl (C=O) groups excluding carboxylic acids is 2. The lowest BCUT2D eigenvalue weighted by atomic mass is 9.95. The SMILES string of the molecule is Cc1cc(I)cc(C(=O)NC(C)C2CC2)c1CC(=O)c1cc(Cn2nc(C(F)(F)F)c(C(F)(F)F)n2)nn1-c1ncccc1Cl. The fraction of sp³-hybridized carbons (Fsp3) is 0.357. The summed E-state index contributed by atoms with van der Waals surface area (Å²) in [5.74, 6) is -0.525. The largest absolute Gasteiger partial charge is 0.437 e. The second kappa shape index (κ2) is 12.3. The minimum Gasteiger partial charge on any atom is -0.349 e. The van der Waals surface area contributed by atoms with Crippen LogP contribution in [0.3, 0.4) is 0 Å². The average molecular weight is 766 g/mol. The smallest absolute Gasteiger partial charge is 0.349 e. The number of nitrogens with one attached hydrogen (secondary N) is 1. The molecule has 1 saturated carbocycles. The number of aromatic nitrogens is 6. The van der Waals surface area contributed by atoms with Gasteiger partial charge in [-0.2, -0.15) is 36.2 Å². The Morgan fingerprint density at radius 1 is 1.07 bits per heavy atom. The van der Waals surface area contributed by atoms with E-state index in [1.165, 1.54) is 24.4 Å². The molecule has 238 valence electrons. The van der Waals surface area contributed by atoms with Gasteiger partial charge in [0.25, 0.3) is 5.91 Å². The number of hydrogen-bond donors (Lipinski definition) is 1. The molecule has 1 aliphatic carbocycles. The maximum Gasteiger partial charge on any atom is 0.437 e. The summed E-state index contributed by atoms with van der Waals surface area (Å²) in [4.78, 5) is 31.5. The fourth-order valence-corrected chi connectivity index (χ4v) is 5.79. The van der Waals surface area contributed by atoms with Crippen LogP contribution in [0.25, 0.3) is 5.82 Å². The van der Waals surface area contributed by atoms with Gasteiger partial charge in [0, 0.05) is 27.8 Å². The minimum absolute atomic E-state index is 0.00953. The van der Waals surface area contributed by atoms with Gasteiger partial charge in [-0.3, -0.25) is 9.59 Å². The zero-order chi connectivity index (χ0) is 32.8. The number of halogens is 8. The average Bonchev–Trinajstić information content (AvgIpc) is 3.56. The van der Waals surface area contributed by atoms with Crippen LogP contribution in [0.5, 0.6) is 0 Å². The fourth-order valence-electron chi connectivity index (χ4n) is 4.81. The standard InChI is InChI=1S/C28H23ClF6IN7O2/c1-13-8-16(36)9-19(26(45)38-14(2)15-5-6-15)18(13)11-22(44)21-10-17(39-43(21)25-20(29)4-3-7-37-25)12-42-40-23(27(30,31)32)24(41-42)28(33,34)35/h3-4,7-10,14-15H,5-6,11-12H2,1-2H3,(H,38,45). The molecule has 1 atom stereocenters. The van der Waals surface area contributed by atoms with E-state index in [1.54, 1.807) is 13.0 Å². The summed E-state index contributed by atoms with van der Waals surface area (Å²) < 4.78 is 81.7. The van der Waals surface area contributed by atoms with Crippen LogP contribution in [0.4, 0.5) is 26.3 Å². The highest BCUT2D eigenvalue weighted by molar-refractivity contribution is 14.1. The van der Waals surface area contributed by atoms with Gasteiger partial charge in [-0.25, -0.2) is 9.67 Å². The summed E-state index contributed by atoms with van der Waals surface area (Å²) in [7, 11) is 0. The normalized spacial score (nSPS) is 14.4. The van der Waals surface area contributed by atoms with Crippen molar-refractivity contribution in [2.45, 2.75) is 58.0 Å². The van der Waals surface area contributed by atoms with Crippen LogP contribution in [0.1, 0.15) is 68.8 Å². The van der Waals surface area contributed by atoms with Crippen LogP contribution in [-0.2, 0) is 25.3 Å². The molecule has 3 aromatic heterocycles. The maximum atomic E-state index is 13.9. The van der Waals surface area contributed by atoms with E-state index >= 15 is 0 Å². The summed E-state index contributed by atoms with van der Waals surface area (Å²) in [5, 5.41) is 13.3. The Morgan fingerprint density at radius 3 is 2.29 bits per heavy atom. The molecule has 0 bridgehead atoms. The molecule has 0 radical (unpaired) electrons. The molecule has 0 spiro atoms. The van der Waals surface area contributed by atoms with Gasteiger partial charge < -0.3 is 5.32 Å². The molecule has 9 nitrogen and oxygen atoms in total. The number of rotatable bonds is 9. The quantitative estimate of drug-likeness (QED) is 0.119. The molecule has 45 heavy (non-hydrogen) atoms. The Balaban J connectivity index is 1.53. The number of Topliss-reactive ketones (excluding diaryl/α,β-unsaturated/α-hetero) is 1. The van der Waals surface area contributed by atoms with E-state index in [9.17, 15) is 35.9 Å². The first-order chi connectivity index (χ1) is 21.0. The summed E-state index contributed by atoms with van der Waals surface area (Å²) in [6.07, 6.45) is -7.72. The maximum absolute atomic E-state index is 13.9. The van der Waals surface area contributed by atoms with E-state index in [-0.39, 0.29) is 45.4 Å². The van der Waals surface area contributed by atoms with Crippen molar-refractivity contribution in [2.75, 3.05) is 0 Å². The lowest BCUT2D eigenvalue weighted by molar-refractivity contribution is -0.165. The van der Waals surface area contributed by atoms with E-state index in [2.05, 4.69) is 48.2 Å². The van der Waals surface area contributed by atoms with Gasteiger partial charge in [0.2, 0.25) is 0 Å². The highest BCUT2D eigenvalue weighted by Gasteiger charge is 2.48. The summed E-state index contributed by atoms with van der Waals surface area (Å²) in [5.41, 5.74) is -3.25. The molecular formula is C28H23ClF6IN7O2. The van der Waals surface area contributed by atoms with Gasteiger partial charge in [0.1, 0.15) is 12.2 Å². The van der Waals surface area contributed by atoms with Crippen LogP contribution in [0.2, 0.25) is 5.02 Å². The first-order valence-electron chi connectivity index (χ1n) is 13.5. The first kappa shape index (κ1) is 32.8. The number of aryl methyl sites for hydroxylation is 1. The topological polar surface area (TPSA) is 108 Å². The Bertz CT molecular complexity index is 1750. The number of amides is 1. The number of carbonyl (C=O) groups is 2. The molecule has 1 amide bonds.